The molecule has 1 amide bonds. The summed E-state index contributed by atoms with van der Waals surface area (Å²) in [6, 6.07) is 6.03. The Morgan fingerprint density at radius 3 is 2.48 bits per heavy atom. The lowest BCUT2D eigenvalue weighted by Crippen LogP contribution is -2.37. The molecule has 1 aliphatic carbocycles. The van der Waals surface area contributed by atoms with Crippen LogP contribution in [0.15, 0.2) is 36.4 Å². The van der Waals surface area contributed by atoms with E-state index in [1.807, 2.05) is 26.0 Å². The first-order chi connectivity index (χ1) is 11.9. The Hall–Kier alpha value is -2.63. The first kappa shape index (κ1) is 18.7. The molecule has 0 bridgehead atoms. The number of carbonyl (C=O) groups is 3. The summed E-state index contributed by atoms with van der Waals surface area (Å²) in [6.45, 7) is 3.72. The van der Waals surface area contributed by atoms with Crippen molar-refractivity contribution in [2.75, 3.05) is 5.32 Å². The summed E-state index contributed by atoms with van der Waals surface area (Å²) in [5.74, 6) is -3.34. The molecule has 1 aliphatic rings. The topological polar surface area (TPSA) is 95.5 Å². The molecule has 0 saturated heterocycles. The molecule has 0 radical (unpaired) electrons. The van der Waals surface area contributed by atoms with Gasteiger partial charge in [-0.3, -0.25) is 9.59 Å². The number of para-hydroxylation sites is 1. The van der Waals surface area contributed by atoms with Crippen LogP contribution >= 0.6 is 0 Å². The van der Waals surface area contributed by atoms with E-state index >= 15 is 0 Å². The highest BCUT2D eigenvalue weighted by Crippen LogP contribution is 2.29. The van der Waals surface area contributed by atoms with E-state index in [4.69, 9.17) is 4.74 Å². The van der Waals surface area contributed by atoms with Crippen molar-refractivity contribution in [3.05, 3.63) is 42.0 Å². The van der Waals surface area contributed by atoms with Crippen molar-refractivity contribution in [1.29, 1.82) is 0 Å². The monoisotopic (exact) mass is 344 g/mol. The van der Waals surface area contributed by atoms with E-state index in [1.165, 1.54) is 12.1 Å². The number of ether oxygens (including phenoxy) is 1. The molecule has 3 atom stereocenters. The number of hydrogen-bond donors (Lipinski definition) is 1. The molecule has 1 N–H and O–H groups in total. The Labute approximate surface area is 146 Å². The fraction of sp³-hybridized carbons (Fsp3) is 0.421. The van der Waals surface area contributed by atoms with Gasteiger partial charge in [0.25, 0.3) is 0 Å². The summed E-state index contributed by atoms with van der Waals surface area (Å²) in [5, 5.41) is 13.8. The Morgan fingerprint density at radius 1 is 1.20 bits per heavy atom. The van der Waals surface area contributed by atoms with Crippen molar-refractivity contribution < 1.29 is 24.2 Å². The summed E-state index contributed by atoms with van der Waals surface area (Å²) >= 11 is 0. The van der Waals surface area contributed by atoms with Crippen molar-refractivity contribution >= 4 is 23.5 Å². The lowest BCUT2D eigenvalue weighted by atomic mass is 9.82. The van der Waals surface area contributed by atoms with Crippen molar-refractivity contribution in [3.63, 3.8) is 0 Å². The van der Waals surface area contributed by atoms with Crippen LogP contribution in [-0.2, 0) is 14.3 Å². The van der Waals surface area contributed by atoms with E-state index in [1.54, 1.807) is 12.1 Å². The number of amides is 1. The van der Waals surface area contributed by atoms with E-state index in [-0.39, 0.29) is 17.4 Å². The van der Waals surface area contributed by atoms with E-state index in [0.717, 1.165) is 0 Å². The number of rotatable bonds is 6. The van der Waals surface area contributed by atoms with Gasteiger partial charge < -0.3 is 20.0 Å². The molecule has 2 rings (SSSR count). The van der Waals surface area contributed by atoms with Crippen LogP contribution in [0.2, 0.25) is 0 Å². The van der Waals surface area contributed by atoms with Gasteiger partial charge in [0.1, 0.15) is 0 Å². The molecule has 0 saturated carbocycles. The number of benzene rings is 1. The number of allylic oxidation sites excluding steroid dienone is 2. The minimum atomic E-state index is -1.37. The SMILES string of the molecule is CC[C@H](C)OC(=O)[C@@H]1CC=CC[C@@H]1C(=O)Nc1ccccc1C(=O)[O-]. The van der Waals surface area contributed by atoms with Gasteiger partial charge in [0, 0.05) is 11.3 Å². The third kappa shape index (κ3) is 4.68. The standard InChI is InChI=1S/C19H23NO5/c1-3-12(2)25-19(24)14-9-5-4-8-13(14)17(21)20-16-11-7-6-10-15(16)18(22)23/h4-7,10-14H,3,8-9H2,1-2H3,(H,20,21)(H,22,23)/p-1/t12-,13-,14+/m0/s1. The van der Waals surface area contributed by atoms with Crippen LogP contribution in [0.5, 0.6) is 0 Å². The Balaban J connectivity index is 2.15. The lowest BCUT2D eigenvalue weighted by molar-refractivity contribution is -0.254. The van der Waals surface area contributed by atoms with Crippen molar-refractivity contribution in [2.45, 2.75) is 39.2 Å². The predicted molar refractivity (Wildman–Crippen MR) is 90.6 cm³/mol. The Morgan fingerprint density at radius 2 is 1.84 bits per heavy atom. The largest absolute Gasteiger partial charge is 0.545 e. The fourth-order valence-corrected chi connectivity index (χ4v) is 2.73. The zero-order valence-electron chi connectivity index (χ0n) is 14.4. The van der Waals surface area contributed by atoms with Gasteiger partial charge in [0.15, 0.2) is 0 Å². The van der Waals surface area contributed by atoms with E-state index < -0.39 is 29.7 Å². The number of anilines is 1. The summed E-state index contributed by atoms with van der Waals surface area (Å²) in [4.78, 5) is 36.2. The van der Waals surface area contributed by atoms with Gasteiger partial charge in [0.05, 0.1) is 23.9 Å². The van der Waals surface area contributed by atoms with Gasteiger partial charge in [-0.1, -0.05) is 37.3 Å². The molecule has 0 aliphatic heterocycles. The molecule has 6 nitrogen and oxygen atoms in total. The maximum atomic E-state index is 12.6. The number of carboxylic acids is 1. The molecule has 0 fully saturated rings. The molecule has 0 spiro atoms. The normalized spacial score (nSPS) is 20.6. The average molecular weight is 344 g/mol. The van der Waals surface area contributed by atoms with Gasteiger partial charge in [0.2, 0.25) is 5.91 Å². The maximum Gasteiger partial charge on any atom is 0.310 e. The average Bonchev–Trinajstić information content (AvgIpc) is 2.61. The highest BCUT2D eigenvalue weighted by Gasteiger charge is 2.35. The summed E-state index contributed by atoms with van der Waals surface area (Å²) in [7, 11) is 0. The van der Waals surface area contributed by atoms with Crippen molar-refractivity contribution in [3.8, 4) is 0 Å². The highest BCUT2D eigenvalue weighted by atomic mass is 16.5. The second kappa shape index (κ2) is 8.46. The van der Waals surface area contributed by atoms with Crippen LogP contribution in [0.4, 0.5) is 5.69 Å². The molecule has 25 heavy (non-hydrogen) atoms. The van der Waals surface area contributed by atoms with Crippen molar-refractivity contribution in [2.24, 2.45) is 11.8 Å². The second-order valence-corrected chi connectivity index (χ2v) is 6.13. The molecule has 1 aromatic rings. The number of hydrogen-bond acceptors (Lipinski definition) is 5. The number of esters is 1. The number of carbonyl (C=O) groups excluding carboxylic acids is 3. The molecule has 1 aromatic carbocycles. The molecule has 0 heterocycles. The fourth-order valence-electron chi connectivity index (χ4n) is 2.73. The lowest BCUT2D eigenvalue weighted by Gasteiger charge is -2.27. The molecule has 134 valence electrons. The minimum Gasteiger partial charge on any atom is -0.545 e. The smallest absolute Gasteiger partial charge is 0.310 e. The highest BCUT2D eigenvalue weighted by molar-refractivity contribution is 6.01. The predicted octanol–water partition coefficient (Wildman–Crippen LogP) is 1.91. The van der Waals surface area contributed by atoms with Gasteiger partial charge in [-0.25, -0.2) is 0 Å². The number of nitrogens with one attached hydrogen (secondary N) is 1. The summed E-state index contributed by atoms with van der Waals surface area (Å²) in [5.41, 5.74) is 0.0667. The molecular formula is C19H22NO5-. The van der Waals surface area contributed by atoms with Gasteiger partial charge in [-0.2, -0.15) is 0 Å². The van der Waals surface area contributed by atoms with Crippen LogP contribution in [-0.4, -0.2) is 23.9 Å². The van der Waals surface area contributed by atoms with Crippen LogP contribution in [0.3, 0.4) is 0 Å². The molecule has 0 aromatic heterocycles. The quantitative estimate of drug-likeness (QED) is 0.628. The van der Waals surface area contributed by atoms with Crippen molar-refractivity contribution in [1.82, 2.24) is 0 Å². The van der Waals surface area contributed by atoms with Gasteiger partial charge in [-0.05, 0) is 32.3 Å². The molecular weight excluding hydrogens is 322 g/mol. The second-order valence-electron chi connectivity index (χ2n) is 6.13. The Bertz CT molecular complexity index is 682. The Kier molecular flexibility index (Phi) is 6.33. The van der Waals surface area contributed by atoms with Gasteiger partial charge in [-0.15, -0.1) is 0 Å². The third-order valence-corrected chi connectivity index (χ3v) is 4.37. The molecule has 0 unspecified atom stereocenters. The third-order valence-electron chi connectivity index (χ3n) is 4.37. The van der Waals surface area contributed by atoms with Gasteiger partial charge >= 0.3 is 5.97 Å². The van der Waals surface area contributed by atoms with Crippen LogP contribution < -0.4 is 10.4 Å². The maximum absolute atomic E-state index is 12.6. The zero-order valence-corrected chi connectivity index (χ0v) is 14.4. The minimum absolute atomic E-state index is 0.0964. The van der Waals surface area contributed by atoms with E-state index in [0.29, 0.717) is 19.3 Å². The summed E-state index contributed by atoms with van der Waals surface area (Å²) in [6.07, 6.45) is 5.03. The van der Waals surface area contributed by atoms with Crippen LogP contribution in [0.1, 0.15) is 43.5 Å². The first-order valence-corrected chi connectivity index (χ1v) is 8.40. The summed E-state index contributed by atoms with van der Waals surface area (Å²) < 4.78 is 5.37. The number of aromatic carboxylic acids is 1. The first-order valence-electron chi connectivity index (χ1n) is 8.40. The van der Waals surface area contributed by atoms with Crippen LogP contribution in [0.25, 0.3) is 0 Å². The zero-order chi connectivity index (χ0) is 18.4. The van der Waals surface area contributed by atoms with Crippen LogP contribution in [0, 0.1) is 11.8 Å². The molecule has 6 heteroatoms. The number of carboxylic acid groups (broad SMARTS) is 1. The van der Waals surface area contributed by atoms with E-state index in [2.05, 4.69) is 5.32 Å². The van der Waals surface area contributed by atoms with E-state index in [9.17, 15) is 19.5 Å².